The zero-order chi connectivity index (χ0) is 7.84. The summed E-state index contributed by atoms with van der Waals surface area (Å²) in [6.07, 6.45) is 0.485. The minimum atomic E-state index is -0.133. The molecule has 0 unspecified atom stereocenters. The molecule has 1 N–H and O–H groups in total. The van der Waals surface area contributed by atoms with Crippen molar-refractivity contribution in [2.24, 2.45) is 0 Å². The minimum absolute atomic E-state index is 0.133. The topological polar surface area (TPSA) is 12.0 Å². The highest BCUT2D eigenvalue weighted by molar-refractivity contribution is 5.43. The molecule has 0 atom stereocenters. The van der Waals surface area contributed by atoms with Gasteiger partial charge in [-0.05, 0) is 0 Å². The fourth-order valence-corrected chi connectivity index (χ4v) is 1.57. The molecule has 1 aliphatic heterocycles. The Morgan fingerprint density at radius 1 is 0.909 bits per heavy atom. The van der Waals surface area contributed by atoms with E-state index in [1.54, 1.807) is 0 Å². The molecular weight excluding hydrogens is 148 g/mol. The molecule has 1 heterocycles. The molecule has 60 valence electrons. The van der Waals surface area contributed by atoms with E-state index in [-0.39, 0.29) is 24.5 Å². The summed E-state index contributed by atoms with van der Waals surface area (Å²) in [6, 6.07) is 0. The Morgan fingerprint density at radius 2 is 1.36 bits per heavy atom. The molecule has 0 bridgehead atoms. The van der Waals surface area contributed by atoms with Gasteiger partial charge in [-0.2, -0.15) is 0 Å². The van der Waals surface area contributed by atoms with E-state index in [0.29, 0.717) is 24.2 Å². The van der Waals surface area contributed by atoms with Crippen LogP contribution in [0.3, 0.4) is 0 Å². The van der Waals surface area contributed by atoms with E-state index in [9.17, 15) is 8.78 Å². The Kier molecular flexibility index (Phi) is 1.53. The predicted molar refractivity (Wildman–Crippen MR) is 38.4 cm³/mol. The highest BCUT2D eigenvalue weighted by atomic mass is 19.1. The highest BCUT2D eigenvalue weighted by Gasteiger charge is 2.25. The summed E-state index contributed by atoms with van der Waals surface area (Å²) >= 11 is 0. The van der Waals surface area contributed by atoms with Crippen LogP contribution in [0.5, 0.6) is 0 Å². The molecule has 1 fully saturated rings. The van der Waals surface area contributed by atoms with Gasteiger partial charge in [-0.1, -0.05) is 0 Å². The first-order valence-electron chi connectivity index (χ1n) is 3.75. The number of hydrogen-bond donors (Lipinski definition) is 1. The van der Waals surface area contributed by atoms with Crippen molar-refractivity contribution in [1.29, 1.82) is 0 Å². The van der Waals surface area contributed by atoms with Gasteiger partial charge in [0.15, 0.2) is 0 Å². The van der Waals surface area contributed by atoms with Gasteiger partial charge in [0, 0.05) is 37.1 Å². The third-order valence-electron chi connectivity index (χ3n) is 2.19. The molecular formula is C8H9F2N. The first-order valence-corrected chi connectivity index (χ1v) is 3.75. The molecule has 3 heteroatoms. The molecule has 0 aromatic carbocycles. The number of hydrogen-bond acceptors (Lipinski definition) is 1. The molecule has 0 aromatic heterocycles. The van der Waals surface area contributed by atoms with Crippen molar-refractivity contribution in [1.82, 2.24) is 5.32 Å². The Balaban J connectivity index is 2.45. The Labute approximate surface area is 63.8 Å². The fourth-order valence-electron chi connectivity index (χ4n) is 1.57. The molecule has 2 rings (SSSR count). The molecule has 0 saturated carbocycles. The molecule has 1 nitrogen and oxygen atoms in total. The van der Waals surface area contributed by atoms with Gasteiger partial charge >= 0.3 is 0 Å². The van der Waals surface area contributed by atoms with Gasteiger partial charge in [-0.25, -0.2) is 8.78 Å². The largest absolute Gasteiger partial charge is 0.308 e. The summed E-state index contributed by atoms with van der Waals surface area (Å²) in [5.74, 6) is -0.266. The summed E-state index contributed by atoms with van der Waals surface area (Å²) in [4.78, 5) is 0. The number of nitrogens with one attached hydrogen (secondary N) is 1. The monoisotopic (exact) mass is 157 g/mol. The normalized spacial score (nSPS) is 24.5. The van der Waals surface area contributed by atoms with Crippen LogP contribution in [0.4, 0.5) is 8.78 Å². The van der Waals surface area contributed by atoms with Crippen LogP contribution in [0, 0.1) is 0 Å². The second-order valence-corrected chi connectivity index (χ2v) is 2.87. The summed E-state index contributed by atoms with van der Waals surface area (Å²) < 4.78 is 25.9. The maximum atomic E-state index is 13.0. The number of fused-ring (bicyclic) bond motifs is 1. The van der Waals surface area contributed by atoms with Crippen molar-refractivity contribution < 1.29 is 8.78 Å². The van der Waals surface area contributed by atoms with Gasteiger partial charge < -0.3 is 5.32 Å². The maximum absolute atomic E-state index is 13.0. The average molecular weight is 157 g/mol. The van der Waals surface area contributed by atoms with Crippen LogP contribution < -0.4 is 5.32 Å². The summed E-state index contributed by atoms with van der Waals surface area (Å²) in [5.41, 5.74) is 1.13. The smallest absolute Gasteiger partial charge is 0.105 e. The second kappa shape index (κ2) is 2.41. The number of allylic oxidation sites excluding steroid dienone is 2. The van der Waals surface area contributed by atoms with Gasteiger partial charge in [0.25, 0.3) is 0 Å². The van der Waals surface area contributed by atoms with Crippen molar-refractivity contribution >= 4 is 0 Å². The van der Waals surface area contributed by atoms with Crippen LogP contribution in [-0.4, -0.2) is 13.1 Å². The van der Waals surface area contributed by atoms with Crippen LogP contribution in [0.2, 0.25) is 0 Å². The number of halogens is 2. The van der Waals surface area contributed by atoms with E-state index >= 15 is 0 Å². The molecule has 0 radical (unpaired) electrons. The van der Waals surface area contributed by atoms with E-state index in [2.05, 4.69) is 5.32 Å². The van der Waals surface area contributed by atoms with Gasteiger partial charge in [0.2, 0.25) is 0 Å². The standard InChI is InChI=1S/C8H9F2N/c9-7-1-2-8(10)6-4-11-3-5(6)7/h11H,1-4H2. The molecule has 0 aromatic rings. The Bertz CT molecular complexity index is 227. The minimum Gasteiger partial charge on any atom is -0.308 e. The van der Waals surface area contributed by atoms with Crippen LogP contribution in [0.1, 0.15) is 12.8 Å². The second-order valence-electron chi connectivity index (χ2n) is 2.87. The SMILES string of the molecule is FC1=C2CNCC2=C(F)CC1. The first-order chi connectivity index (χ1) is 5.29. The Hall–Kier alpha value is -0.700. The molecule has 1 aliphatic carbocycles. The quantitative estimate of drug-likeness (QED) is 0.565. The number of rotatable bonds is 0. The van der Waals surface area contributed by atoms with Crippen LogP contribution in [-0.2, 0) is 0 Å². The third-order valence-corrected chi connectivity index (χ3v) is 2.19. The molecule has 0 amide bonds. The predicted octanol–water partition coefficient (Wildman–Crippen LogP) is 1.83. The van der Waals surface area contributed by atoms with Gasteiger partial charge in [-0.3, -0.25) is 0 Å². The highest BCUT2D eigenvalue weighted by Crippen LogP contribution is 2.33. The van der Waals surface area contributed by atoms with Crippen molar-refractivity contribution in [2.75, 3.05) is 13.1 Å². The van der Waals surface area contributed by atoms with Crippen molar-refractivity contribution in [2.45, 2.75) is 12.8 Å². The summed E-state index contributed by atoms with van der Waals surface area (Å²) in [5, 5.41) is 2.93. The van der Waals surface area contributed by atoms with E-state index in [4.69, 9.17) is 0 Å². The Morgan fingerprint density at radius 3 is 1.82 bits per heavy atom. The summed E-state index contributed by atoms with van der Waals surface area (Å²) in [7, 11) is 0. The van der Waals surface area contributed by atoms with Gasteiger partial charge in [0.05, 0.1) is 0 Å². The molecule has 2 aliphatic rings. The lowest BCUT2D eigenvalue weighted by Gasteiger charge is -2.10. The fraction of sp³-hybridized carbons (Fsp3) is 0.500. The lowest BCUT2D eigenvalue weighted by molar-refractivity contribution is 0.511. The lowest BCUT2D eigenvalue weighted by atomic mass is 9.99. The molecule has 0 spiro atoms. The van der Waals surface area contributed by atoms with Gasteiger partial charge in [-0.15, -0.1) is 0 Å². The van der Waals surface area contributed by atoms with Crippen LogP contribution in [0.25, 0.3) is 0 Å². The molecule has 1 saturated heterocycles. The molecule has 11 heavy (non-hydrogen) atoms. The maximum Gasteiger partial charge on any atom is 0.105 e. The lowest BCUT2D eigenvalue weighted by Crippen LogP contribution is -2.05. The summed E-state index contributed by atoms with van der Waals surface area (Å²) in [6.45, 7) is 0.989. The van der Waals surface area contributed by atoms with Crippen molar-refractivity contribution in [3.8, 4) is 0 Å². The van der Waals surface area contributed by atoms with E-state index in [0.717, 1.165) is 0 Å². The third kappa shape index (κ3) is 0.997. The average Bonchev–Trinajstić information content (AvgIpc) is 2.45. The van der Waals surface area contributed by atoms with E-state index in [1.807, 2.05) is 0 Å². The zero-order valence-corrected chi connectivity index (χ0v) is 6.08. The first kappa shape index (κ1) is 6.98. The van der Waals surface area contributed by atoms with Gasteiger partial charge in [0.1, 0.15) is 11.7 Å². The van der Waals surface area contributed by atoms with E-state index < -0.39 is 0 Å². The van der Waals surface area contributed by atoms with E-state index in [1.165, 1.54) is 0 Å². The zero-order valence-electron chi connectivity index (χ0n) is 6.08. The van der Waals surface area contributed by atoms with Crippen LogP contribution >= 0.6 is 0 Å². The van der Waals surface area contributed by atoms with Crippen molar-refractivity contribution in [3.63, 3.8) is 0 Å². The van der Waals surface area contributed by atoms with Crippen LogP contribution in [0.15, 0.2) is 22.8 Å². The van der Waals surface area contributed by atoms with Crippen molar-refractivity contribution in [3.05, 3.63) is 22.8 Å².